The van der Waals surface area contributed by atoms with Gasteiger partial charge in [-0.05, 0) is 0 Å². The number of hydrogen-bond acceptors (Lipinski definition) is 6. The molecule has 0 bridgehead atoms. The molecular weight excluding hydrogens is 264 g/mol. The Balaban J connectivity index is 1.70. The van der Waals surface area contributed by atoms with Crippen LogP contribution in [0.3, 0.4) is 0 Å². The highest BCUT2D eigenvalue weighted by atomic mass is 16.7. The molecular formula is C14H14O6. The van der Waals surface area contributed by atoms with Crippen LogP contribution in [0.2, 0.25) is 0 Å². The van der Waals surface area contributed by atoms with E-state index in [2.05, 4.69) is 0 Å². The lowest BCUT2D eigenvalue weighted by molar-refractivity contribution is -0.201. The number of ether oxygens (including phenoxy) is 4. The highest BCUT2D eigenvalue weighted by Gasteiger charge is 2.25. The van der Waals surface area contributed by atoms with Gasteiger partial charge in [-0.25, -0.2) is 0 Å². The van der Waals surface area contributed by atoms with Crippen molar-refractivity contribution in [1.82, 2.24) is 0 Å². The first-order valence-electron chi connectivity index (χ1n) is 6.44. The summed E-state index contributed by atoms with van der Waals surface area (Å²) in [4.78, 5) is 22.4. The van der Waals surface area contributed by atoms with Crippen LogP contribution in [-0.4, -0.2) is 25.2 Å². The van der Waals surface area contributed by atoms with Crippen LogP contribution in [0.4, 0.5) is 0 Å². The number of hydrogen-bond donors (Lipinski definition) is 0. The lowest BCUT2D eigenvalue weighted by Crippen LogP contribution is -2.23. The van der Waals surface area contributed by atoms with Crippen molar-refractivity contribution in [1.29, 1.82) is 0 Å². The van der Waals surface area contributed by atoms with E-state index in [-0.39, 0.29) is 24.8 Å². The fraction of sp³-hybridized carbons (Fsp3) is 0.429. The van der Waals surface area contributed by atoms with Gasteiger partial charge in [-0.15, -0.1) is 0 Å². The maximum atomic E-state index is 11.2. The molecule has 0 radical (unpaired) electrons. The minimum Gasteiger partial charge on any atom is -0.431 e. The van der Waals surface area contributed by atoms with Crippen LogP contribution in [0, 0.1) is 0 Å². The Morgan fingerprint density at radius 2 is 1.15 bits per heavy atom. The van der Waals surface area contributed by atoms with Gasteiger partial charge in [-0.3, -0.25) is 9.59 Å². The second-order valence-corrected chi connectivity index (χ2v) is 4.55. The molecule has 2 unspecified atom stereocenters. The maximum absolute atomic E-state index is 11.2. The Morgan fingerprint density at radius 3 is 1.50 bits per heavy atom. The van der Waals surface area contributed by atoms with E-state index in [1.54, 1.807) is 24.3 Å². The number of esters is 2. The van der Waals surface area contributed by atoms with E-state index in [4.69, 9.17) is 18.9 Å². The van der Waals surface area contributed by atoms with Gasteiger partial charge in [0.1, 0.15) is 0 Å². The monoisotopic (exact) mass is 278 g/mol. The number of rotatable bonds is 2. The molecule has 2 saturated heterocycles. The largest absolute Gasteiger partial charge is 0.431 e. The summed E-state index contributed by atoms with van der Waals surface area (Å²) in [5, 5.41) is 0. The van der Waals surface area contributed by atoms with E-state index >= 15 is 0 Å². The molecule has 0 aliphatic carbocycles. The van der Waals surface area contributed by atoms with E-state index in [0.29, 0.717) is 13.2 Å². The number of carbonyl (C=O) groups excluding carboxylic acids is 2. The van der Waals surface area contributed by atoms with Crippen molar-refractivity contribution in [3.63, 3.8) is 0 Å². The highest BCUT2D eigenvalue weighted by Crippen LogP contribution is 2.27. The van der Waals surface area contributed by atoms with Crippen LogP contribution in [0.5, 0.6) is 0 Å². The van der Waals surface area contributed by atoms with Crippen molar-refractivity contribution in [3.05, 3.63) is 35.4 Å². The van der Waals surface area contributed by atoms with Gasteiger partial charge < -0.3 is 18.9 Å². The maximum Gasteiger partial charge on any atom is 0.310 e. The Bertz CT molecular complexity index is 462. The van der Waals surface area contributed by atoms with Crippen molar-refractivity contribution >= 4 is 11.9 Å². The molecule has 2 atom stereocenters. The SMILES string of the molecule is O=C1CCOC(c2ccc(C3OCCC(=O)O3)cc2)O1. The van der Waals surface area contributed by atoms with Crippen LogP contribution in [-0.2, 0) is 28.5 Å². The molecule has 0 N–H and O–H groups in total. The van der Waals surface area contributed by atoms with Gasteiger partial charge in [0.25, 0.3) is 0 Å². The molecule has 0 amide bonds. The molecule has 106 valence electrons. The van der Waals surface area contributed by atoms with Gasteiger partial charge >= 0.3 is 11.9 Å². The fourth-order valence-corrected chi connectivity index (χ4v) is 2.06. The number of carbonyl (C=O) groups is 2. The van der Waals surface area contributed by atoms with E-state index in [0.717, 1.165) is 11.1 Å². The summed E-state index contributed by atoms with van der Waals surface area (Å²) in [5.74, 6) is -0.537. The Hall–Kier alpha value is -1.92. The number of cyclic esters (lactones) is 2. The standard InChI is InChI=1S/C14H14O6/c15-11-5-7-17-13(19-11)9-1-2-10(4-3-9)14-18-8-6-12(16)20-14/h1-4,13-14H,5-8H2. The van der Waals surface area contributed by atoms with Crippen LogP contribution in [0.25, 0.3) is 0 Å². The Morgan fingerprint density at radius 1 is 0.750 bits per heavy atom. The lowest BCUT2D eigenvalue weighted by atomic mass is 10.1. The fourth-order valence-electron chi connectivity index (χ4n) is 2.06. The van der Waals surface area contributed by atoms with Gasteiger partial charge in [-0.1, -0.05) is 24.3 Å². The first-order chi connectivity index (χ1) is 9.72. The second kappa shape index (κ2) is 5.60. The first-order valence-corrected chi connectivity index (χ1v) is 6.44. The normalized spacial score (nSPS) is 26.8. The zero-order valence-electron chi connectivity index (χ0n) is 10.7. The van der Waals surface area contributed by atoms with Crippen LogP contribution < -0.4 is 0 Å². The lowest BCUT2D eigenvalue weighted by Gasteiger charge is -2.25. The number of benzene rings is 1. The molecule has 2 fully saturated rings. The summed E-state index contributed by atoms with van der Waals surface area (Å²) in [6.45, 7) is 0.712. The summed E-state index contributed by atoms with van der Waals surface area (Å²) >= 11 is 0. The summed E-state index contributed by atoms with van der Waals surface area (Å²) in [6, 6.07) is 7.07. The molecule has 0 aromatic heterocycles. The summed E-state index contributed by atoms with van der Waals surface area (Å²) in [6.07, 6.45) is -0.777. The Labute approximate surface area is 115 Å². The minimum absolute atomic E-state index is 0.269. The van der Waals surface area contributed by atoms with E-state index in [9.17, 15) is 9.59 Å². The molecule has 0 spiro atoms. The zero-order chi connectivity index (χ0) is 13.9. The topological polar surface area (TPSA) is 71.1 Å². The summed E-state index contributed by atoms with van der Waals surface area (Å²) in [7, 11) is 0. The third-order valence-corrected chi connectivity index (χ3v) is 3.11. The Kier molecular flexibility index (Phi) is 3.66. The molecule has 6 nitrogen and oxygen atoms in total. The zero-order valence-corrected chi connectivity index (χ0v) is 10.7. The molecule has 6 heteroatoms. The van der Waals surface area contributed by atoms with Crippen molar-refractivity contribution in [2.75, 3.05) is 13.2 Å². The molecule has 1 aromatic rings. The quantitative estimate of drug-likeness (QED) is 0.765. The third-order valence-electron chi connectivity index (χ3n) is 3.11. The van der Waals surface area contributed by atoms with Gasteiger partial charge in [0.2, 0.25) is 12.6 Å². The smallest absolute Gasteiger partial charge is 0.310 e. The molecule has 1 aromatic carbocycles. The average Bonchev–Trinajstić information content (AvgIpc) is 2.47. The van der Waals surface area contributed by atoms with E-state index < -0.39 is 12.6 Å². The van der Waals surface area contributed by atoms with Gasteiger partial charge in [0, 0.05) is 11.1 Å². The molecule has 2 aliphatic heterocycles. The van der Waals surface area contributed by atoms with Crippen LogP contribution in [0.1, 0.15) is 36.5 Å². The molecule has 2 heterocycles. The van der Waals surface area contributed by atoms with Crippen molar-refractivity contribution in [2.45, 2.75) is 25.4 Å². The van der Waals surface area contributed by atoms with Gasteiger partial charge in [-0.2, -0.15) is 0 Å². The predicted molar refractivity (Wildman–Crippen MR) is 65.2 cm³/mol. The average molecular weight is 278 g/mol. The predicted octanol–water partition coefficient (Wildman–Crippen LogP) is 1.61. The first kappa shape index (κ1) is 13.1. The van der Waals surface area contributed by atoms with E-state index in [1.807, 2.05) is 0 Å². The van der Waals surface area contributed by atoms with Crippen LogP contribution in [0.15, 0.2) is 24.3 Å². The second-order valence-electron chi connectivity index (χ2n) is 4.55. The van der Waals surface area contributed by atoms with Gasteiger partial charge in [0.05, 0.1) is 26.1 Å². The molecule has 3 rings (SSSR count). The van der Waals surface area contributed by atoms with E-state index in [1.165, 1.54) is 0 Å². The molecule has 0 saturated carbocycles. The van der Waals surface area contributed by atoms with Gasteiger partial charge in [0.15, 0.2) is 0 Å². The van der Waals surface area contributed by atoms with Crippen molar-refractivity contribution < 1.29 is 28.5 Å². The van der Waals surface area contributed by atoms with Crippen LogP contribution >= 0.6 is 0 Å². The van der Waals surface area contributed by atoms with Crippen molar-refractivity contribution in [2.24, 2.45) is 0 Å². The summed E-state index contributed by atoms with van der Waals surface area (Å²) < 4.78 is 20.9. The summed E-state index contributed by atoms with van der Waals surface area (Å²) in [5.41, 5.74) is 1.48. The third kappa shape index (κ3) is 2.81. The van der Waals surface area contributed by atoms with Crippen molar-refractivity contribution in [3.8, 4) is 0 Å². The molecule has 2 aliphatic rings. The molecule has 20 heavy (non-hydrogen) atoms. The highest BCUT2D eigenvalue weighted by molar-refractivity contribution is 5.70. The minimum atomic E-state index is -0.667.